The Hall–Kier alpha value is -2.51. The number of ether oxygens (including phenoxy) is 1. The number of nitrogens with one attached hydrogen (secondary N) is 1. The summed E-state index contributed by atoms with van der Waals surface area (Å²) in [6, 6.07) is 9.79. The molecule has 0 radical (unpaired) electrons. The third kappa shape index (κ3) is 4.32. The van der Waals surface area contributed by atoms with Crippen molar-refractivity contribution in [1.82, 2.24) is 10.2 Å². The number of morpholine rings is 1. The highest BCUT2D eigenvalue weighted by Crippen LogP contribution is 2.31. The van der Waals surface area contributed by atoms with Crippen molar-refractivity contribution in [3.63, 3.8) is 0 Å². The Balaban J connectivity index is 1.57. The lowest BCUT2D eigenvalue weighted by Crippen LogP contribution is -2.44. The van der Waals surface area contributed by atoms with Gasteiger partial charge in [-0.1, -0.05) is 18.2 Å². The van der Waals surface area contributed by atoms with Crippen molar-refractivity contribution >= 4 is 11.6 Å². The molecule has 4 rings (SSSR count). The standard InChI is InChI=1S/C23H27F2N3O2/c1-27-9-3-4-16-14-17(7-8-20(16)27)21(28-10-12-30-13-11-28)15-26-23(29)22-18(24)5-2-6-19(22)25/h2,5-8,14,21H,3-4,9-13,15H2,1H3,(H,26,29)/t21-/m0/s1. The van der Waals surface area contributed by atoms with E-state index in [0.29, 0.717) is 13.2 Å². The van der Waals surface area contributed by atoms with E-state index in [0.717, 1.165) is 50.2 Å². The van der Waals surface area contributed by atoms with Crippen LogP contribution < -0.4 is 10.2 Å². The number of anilines is 1. The number of carbonyl (C=O) groups is 1. The summed E-state index contributed by atoms with van der Waals surface area (Å²) in [5, 5.41) is 2.75. The zero-order valence-electron chi connectivity index (χ0n) is 17.2. The highest BCUT2D eigenvalue weighted by molar-refractivity contribution is 5.94. The first-order chi connectivity index (χ1) is 14.5. The lowest BCUT2D eigenvalue weighted by Gasteiger charge is -2.36. The van der Waals surface area contributed by atoms with Crippen LogP contribution in [-0.2, 0) is 11.2 Å². The van der Waals surface area contributed by atoms with Gasteiger partial charge in [0.15, 0.2) is 0 Å². The second kappa shape index (κ2) is 9.10. The van der Waals surface area contributed by atoms with Crippen LogP contribution in [0.5, 0.6) is 0 Å². The Labute approximate surface area is 175 Å². The van der Waals surface area contributed by atoms with E-state index in [4.69, 9.17) is 4.74 Å². The molecular weight excluding hydrogens is 388 g/mol. The van der Waals surface area contributed by atoms with Gasteiger partial charge in [-0.2, -0.15) is 0 Å². The van der Waals surface area contributed by atoms with Gasteiger partial charge in [0.1, 0.15) is 17.2 Å². The van der Waals surface area contributed by atoms with Crippen molar-refractivity contribution in [2.75, 3.05) is 51.3 Å². The Kier molecular flexibility index (Phi) is 6.29. The van der Waals surface area contributed by atoms with Gasteiger partial charge in [0.05, 0.1) is 19.3 Å². The van der Waals surface area contributed by atoms with Crippen LogP contribution in [0.1, 0.15) is 33.9 Å². The van der Waals surface area contributed by atoms with Crippen LogP contribution in [0.2, 0.25) is 0 Å². The minimum absolute atomic E-state index is 0.0924. The number of hydrogen-bond donors (Lipinski definition) is 1. The predicted octanol–water partition coefficient (Wildman–Crippen LogP) is 3.15. The first-order valence-corrected chi connectivity index (χ1v) is 10.4. The van der Waals surface area contributed by atoms with E-state index >= 15 is 0 Å². The fourth-order valence-electron chi connectivity index (χ4n) is 4.35. The lowest BCUT2D eigenvalue weighted by molar-refractivity contribution is 0.0162. The van der Waals surface area contributed by atoms with Gasteiger partial charge < -0.3 is 15.0 Å². The summed E-state index contributed by atoms with van der Waals surface area (Å²) in [6.07, 6.45) is 2.13. The fourth-order valence-corrected chi connectivity index (χ4v) is 4.35. The molecule has 2 aromatic rings. The summed E-state index contributed by atoms with van der Waals surface area (Å²) >= 11 is 0. The molecule has 0 saturated carbocycles. The molecule has 5 nitrogen and oxygen atoms in total. The maximum atomic E-state index is 14.0. The predicted molar refractivity (Wildman–Crippen MR) is 112 cm³/mol. The molecule has 0 aromatic heterocycles. The van der Waals surface area contributed by atoms with Crippen molar-refractivity contribution < 1.29 is 18.3 Å². The van der Waals surface area contributed by atoms with Gasteiger partial charge >= 0.3 is 0 Å². The number of benzene rings is 2. The van der Waals surface area contributed by atoms with E-state index in [-0.39, 0.29) is 12.6 Å². The first kappa shape index (κ1) is 20.8. The maximum absolute atomic E-state index is 14.0. The molecule has 0 spiro atoms. The van der Waals surface area contributed by atoms with Gasteiger partial charge in [0.25, 0.3) is 5.91 Å². The first-order valence-electron chi connectivity index (χ1n) is 10.4. The molecule has 7 heteroatoms. The molecule has 0 bridgehead atoms. The number of fused-ring (bicyclic) bond motifs is 1. The third-order valence-electron chi connectivity index (χ3n) is 5.97. The molecule has 2 aliphatic heterocycles. The number of hydrogen-bond acceptors (Lipinski definition) is 4. The molecule has 2 heterocycles. The second-order valence-corrected chi connectivity index (χ2v) is 7.88. The number of amides is 1. The summed E-state index contributed by atoms with van der Waals surface area (Å²) in [5.41, 5.74) is 3.10. The largest absolute Gasteiger partial charge is 0.379 e. The van der Waals surface area contributed by atoms with Gasteiger partial charge in [0.2, 0.25) is 0 Å². The van der Waals surface area contributed by atoms with E-state index in [1.54, 1.807) is 0 Å². The van der Waals surface area contributed by atoms with Crippen molar-refractivity contribution in [1.29, 1.82) is 0 Å². The van der Waals surface area contributed by atoms with Crippen LogP contribution in [0, 0.1) is 11.6 Å². The molecular formula is C23H27F2N3O2. The quantitative estimate of drug-likeness (QED) is 0.815. The fraction of sp³-hybridized carbons (Fsp3) is 0.435. The van der Waals surface area contributed by atoms with Gasteiger partial charge in [-0.3, -0.25) is 9.69 Å². The number of nitrogens with zero attached hydrogens (tertiary/aromatic N) is 2. The van der Waals surface area contributed by atoms with E-state index in [1.165, 1.54) is 17.3 Å². The summed E-state index contributed by atoms with van der Waals surface area (Å²) in [6.45, 7) is 4.04. The molecule has 30 heavy (non-hydrogen) atoms. The molecule has 1 fully saturated rings. The van der Waals surface area contributed by atoms with Crippen molar-refractivity contribution in [3.8, 4) is 0 Å². The van der Waals surface area contributed by atoms with E-state index in [2.05, 4.69) is 40.4 Å². The van der Waals surface area contributed by atoms with Crippen molar-refractivity contribution in [3.05, 3.63) is 64.7 Å². The molecule has 160 valence electrons. The van der Waals surface area contributed by atoms with Crippen LogP contribution in [0.15, 0.2) is 36.4 Å². The monoisotopic (exact) mass is 415 g/mol. The van der Waals surface area contributed by atoms with E-state index in [1.807, 2.05) is 0 Å². The molecule has 0 aliphatic carbocycles. The highest BCUT2D eigenvalue weighted by atomic mass is 19.1. The summed E-state index contributed by atoms with van der Waals surface area (Å²) in [7, 11) is 2.10. The van der Waals surface area contributed by atoms with Crippen molar-refractivity contribution in [2.45, 2.75) is 18.9 Å². The van der Waals surface area contributed by atoms with Crippen LogP contribution >= 0.6 is 0 Å². The van der Waals surface area contributed by atoms with Gasteiger partial charge in [-0.15, -0.1) is 0 Å². The normalized spacial score (nSPS) is 18.0. The molecule has 2 aliphatic rings. The molecule has 1 N–H and O–H groups in total. The van der Waals surface area contributed by atoms with E-state index in [9.17, 15) is 13.6 Å². The van der Waals surface area contributed by atoms with Crippen molar-refractivity contribution in [2.24, 2.45) is 0 Å². The highest BCUT2D eigenvalue weighted by Gasteiger charge is 2.26. The molecule has 2 aromatic carbocycles. The Bertz CT molecular complexity index is 895. The van der Waals surface area contributed by atoms with Crippen LogP contribution in [0.3, 0.4) is 0 Å². The summed E-state index contributed by atoms with van der Waals surface area (Å²) in [4.78, 5) is 17.1. The number of halogens is 2. The molecule has 1 saturated heterocycles. The summed E-state index contributed by atoms with van der Waals surface area (Å²) in [5.74, 6) is -2.44. The van der Waals surface area contributed by atoms with Crippen LogP contribution in [0.25, 0.3) is 0 Å². The smallest absolute Gasteiger partial charge is 0.257 e. The van der Waals surface area contributed by atoms with Gasteiger partial charge in [0, 0.05) is 38.9 Å². The maximum Gasteiger partial charge on any atom is 0.257 e. The number of aryl methyl sites for hydroxylation is 1. The number of carbonyl (C=O) groups excluding carboxylic acids is 1. The Morgan fingerprint density at radius 2 is 1.87 bits per heavy atom. The Morgan fingerprint density at radius 3 is 2.60 bits per heavy atom. The van der Waals surface area contributed by atoms with Gasteiger partial charge in [-0.25, -0.2) is 8.78 Å². The zero-order chi connectivity index (χ0) is 21.1. The number of rotatable bonds is 5. The third-order valence-corrected chi connectivity index (χ3v) is 5.97. The minimum atomic E-state index is -0.854. The SMILES string of the molecule is CN1CCCc2cc([C@H](CNC(=O)c3c(F)cccc3F)N3CCOCC3)ccc21. The zero-order valence-corrected chi connectivity index (χ0v) is 17.2. The second-order valence-electron chi connectivity index (χ2n) is 7.88. The summed E-state index contributed by atoms with van der Waals surface area (Å²) < 4.78 is 33.5. The van der Waals surface area contributed by atoms with Crippen LogP contribution in [0.4, 0.5) is 14.5 Å². The topological polar surface area (TPSA) is 44.8 Å². The molecule has 1 amide bonds. The minimum Gasteiger partial charge on any atom is -0.379 e. The average Bonchev–Trinajstić information content (AvgIpc) is 2.75. The van der Waals surface area contributed by atoms with Crippen LogP contribution in [-0.4, -0.2) is 57.2 Å². The van der Waals surface area contributed by atoms with Gasteiger partial charge in [-0.05, 0) is 42.2 Å². The Morgan fingerprint density at radius 1 is 1.13 bits per heavy atom. The molecule has 1 atom stereocenters. The average molecular weight is 415 g/mol. The van der Waals surface area contributed by atoms with E-state index < -0.39 is 23.1 Å². The molecule has 0 unspecified atom stereocenters. The lowest BCUT2D eigenvalue weighted by atomic mass is 9.95.